The third-order valence-electron chi connectivity index (χ3n) is 5.87. The van der Waals surface area contributed by atoms with Gasteiger partial charge in [0.05, 0.1) is 37.3 Å². The number of anilines is 1. The van der Waals surface area contributed by atoms with Crippen LogP contribution in [0.2, 0.25) is 5.02 Å². The van der Waals surface area contributed by atoms with Gasteiger partial charge >= 0.3 is 5.97 Å². The van der Waals surface area contributed by atoms with Crippen LogP contribution in [0.3, 0.4) is 0 Å². The minimum atomic E-state index is -0.987. The molecule has 3 aromatic carbocycles. The Morgan fingerprint density at radius 2 is 1.67 bits per heavy atom. The van der Waals surface area contributed by atoms with Gasteiger partial charge in [0.2, 0.25) is 0 Å². The molecule has 2 N–H and O–H groups in total. The van der Waals surface area contributed by atoms with Gasteiger partial charge in [0, 0.05) is 11.3 Å². The van der Waals surface area contributed by atoms with E-state index in [1.54, 1.807) is 36.4 Å². The van der Waals surface area contributed by atoms with Gasteiger partial charge in [0.1, 0.15) is 17.3 Å². The molecule has 1 saturated heterocycles. The zero-order valence-electron chi connectivity index (χ0n) is 19.4. The van der Waals surface area contributed by atoms with E-state index in [1.807, 2.05) is 0 Å². The fourth-order valence-electron chi connectivity index (χ4n) is 4.05. The van der Waals surface area contributed by atoms with Gasteiger partial charge in [-0.1, -0.05) is 35.9 Å². The van der Waals surface area contributed by atoms with Crippen LogP contribution in [0.1, 0.15) is 22.7 Å². The Balaban J connectivity index is 1.86. The number of hydrogen-bond acceptors (Lipinski definition) is 7. The summed E-state index contributed by atoms with van der Waals surface area (Å²) in [6, 6.07) is 16.1. The molecule has 36 heavy (non-hydrogen) atoms. The molecular formula is C27H22ClNO7. The second-order valence-corrected chi connectivity index (χ2v) is 8.44. The Morgan fingerprint density at radius 1 is 1.00 bits per heavy atom. The average Bonchev–Trinajstić information content (AvgIpc) is 3.15. The highest BCUT2D eigenvalue weighted by Crippen LogP contribution is 2.43. The molecule has 0 radical (unpaired) electrons. The molecule has 1 aliphatic rings. The number of ether oxygens (including phenoxy) is 2. The predicted molar refractivity (Wildman–Crippen MR) is 133 cm³/mol. The standard InChI is InChI=1S/C27H22ClNO7/c1-35-21-14-17(7-12-20(21)28)25(32)23-24(16-5-10-19(30)11-6-16)29(27(34)26(23)33)18-8-3-15(4-9-18)13-22(31)36-2/h3-12,14,24,30,32H,13H2,1-2H3/b25-23-. The van der Waals surface area contributed by atoms with Gasteiger partial charge in [-0.3, -0.25) is 19.3 Å². The van der Waals surface area contributed by atoms with Crippen molar-refractivity contribution >= 4 is 40.7 Å². The highest BCUT2D eigenvalue weighted by molar-refractivity contribution is 6.51. The number of ketones is 1. The van der Waals surface area contributed by atoms with Crippen LogP contribution in [0.25, 0.3) is 5.76 Å². The first-order valence-electron chi connectivity index (χ1n) is 10.8. The first kappa shape index (κ1) is 24.8. The summed E-state index contributed by atoms with van der Waals surface area (Å²) in [5.41, 5.74) is 1.65. The van der Waals surface area contributed by atoms with Crippen LogP contribution in [0, 0.1) is 0 Å². The molecule has 9 heteroatoms. The van der Waals surface area contributed by atoms with Gasteiger partial charge in [-0.2, -0.15) is 0 Å². The van der Waals surface area contributed by atoms with Crippen LogP contribution < -0.4 is 9.64 Å². The number of carbonyl (C=O) groups is 3. The number of phenolic OH excluding ortho intramolecular Hbond substituents is 1. The molecule has 4 rings (SSSR count). The summed E-state index contributed by atoms with van der Waals surface area (Å²) in [7, 11) is 2.72. The second kappa shape index (κ2) is 10.1. The van der Waals surface area contributed by atoms with Crippen molar-refractivity contribution in [3.63, 3.8) is 0 Å². The van der Waals surface area contributed by atoms with E-state index in [4.69, 9.17) is 16.3 Å². The zero-order chi connectivity index (χ0) is 26.0. The summed E-state index contributed by atoms with van der Waals surface area (Å²) >= 11 is 6.10. The van der Waals surface area contributed by atoms with Crippen molar-refractivity contribution in [3.05, 3.63) is 94.0 Å². The molecule has 1 unspecified atom stereocenters. The van der Waals surface area contributed by atoms with Gasteiger partial charge in [0.15, 0.2) is 0 Å². The lowest BCUT2D eigenvalue weighted by molar-refractivity contribution is -0.139. The van der Waals surface area contributed by atoms with E-state index in [2.05, 4.69) is 4.74 Å². The van der Waals surface area contributed by atoms with E-state index < -0.39 is 29.5 Å². The van der Waals surface area contributed by atoms with Gasteiger partial charge < -0.3 is 19.7 Å². The largest absolute Gasteiger partial charge is 0.508 e. The Bertz CT molecular complexity index is 1360. The van der Waals surface area contributed by atoms with Gasteiger partial charge in [0.25, 0.3) is 11.7 Å². The fourth-order valence-corrected chi connectivity index (χ4v) is 4.24. The number of aliphatic hydroxyl groups excluding tert-OH is 1. The maximum absolute atomic E-state index is 13.3. The van der Waals surface area contributed by atoms with Crippen LogP contribution in [0.15, 0.2) is 72.3 Å². The van der Waals surface area contributed by atoms with E-state index in [-0.39, 0.29) is 29.1 Å². The average molecular weight is 508 g/mol. The topological polar surface area (TPSA) is 113 Å². The zero-order valence-corrected chi connectivity index (χ0v) is 20.2. The minimum Gasteiger partial charge on any atom is -0.508 e. The Hall–Kier alpha value is -4.30. The number of carbonyl (C=O) groups excluding carboxylic acids is 3. The molecule has 0 spiro atoms. The summed E-state index contributed by atoms with van der Waals surface area (Å²) in [6.07, 6.45) is 0.0510. The monoisotopic (exact) mass is 507 g/mol. The highest BCUT2D eigenvalue weighted by Gasteiger charge is 2.47. The van der Waals surface area contributed by atoms with Crippen molar-refractivity contribution in [3.8, 4) is 11.5 Å². The molecule has 1 amide bonds. The number of benzene rings is 3. The minimum absolute atomic E-state index is 0.00491. The molecule has 1 aliphatic heterocycles. The van der Waals surface area contributed by atoms with Crippen molar-refractivity contribution in [2.45, 2.75) is 12.5 Å². The Kier molecular flexibility index (Phi) is 6.98. The smallest absolute Gasteiger partial charge is 0.309 e. The number of hydrogen-bond donors (Lipinski definition) is 2. The molecule has 0 aromatic heterocycles. The first-order chi connectivity index (χ1) is 17.2. The summed E-state index contributed by atoms with van der Waals surface area (Å²) < 4.78 is 9.91. The van der Waals surface area contributed by atoms with Crippen molar-refractivity contribution in [1.82, 2.24) is 0 Å². The normalized spacial score (nSPS) is 16.8. The van der Waals surface area contributed by atoms with E-state index in [0.717, 1.165) is 0 Å². The predicted octanol–water partition coefficient (Wildman–Crippen LogP) is 4.40. The number of nitrogens with zero attached hydrogens (tertiary/aromatic N) is 1. The summed E-state index contributed by atoms with van der Waals surface area (Å²) in [5.74, 6) is -2.23. The SMILES string of the molecule is COC(=O)Cc1ccc(N2C(=O)C(=O)/C(=C(\O)c3ccc(Cl)c(OC)c3)C2c2ccc(O)cc2)cc1. The second-order valence-electron chi connectivity index (χ2n) is 8.03. The van der Waals surface area contributed by atoms with E-state index in [0.29, 0.717) is 21.8 Å². The number of aliphatic hydroxyl groups is 1. The molecule has 1 fully saturated rings. The molecule has 3 aromatic rings. The van der Waals surface area contributed by atoms with Gasteiger partial charge in [-0.15, -0.1) is 0 Å². The molecule has 184 valence electrons. The molecule has 0 saturated carbocycles. The summed E-state index contributed by atoms with van der Waals surface area (Å²) in [5, 5.41) is 21.3. The van der Waals surface area contributed by atoms with Crippen molar-refractivity contribution < 1.29 is 34.1 Å². The number of amides is 1. The third-order valence-corrected chi connectivity index (χ3v) is 6.18. The summed E-state index contributed by atoms with van der Waals surface area (Å²) in [6.45, 7) is 0. The van der Waals surface area contributed by atoms with Gasteiger partial charge in [-0.05, 0) is 53.6 Å². The van der Waals surface area contributed by atoms with E-state index in [1.165, 1.54) is 49.5 Å². The highest BCUT2D eigenvalue weighted by atomic mass is 35.5. The number of Topliss-reactive ketones (excluding diaryl/α,β-unsaturated/α-hetero) is 1. The van der Waals surface area contributed by atoms with E-state index in [9.17, 15) is 24.6 Å². The van der Waals surface area contributed by atoms with Crippen LogP contribution >= 0.6 is 11.6 Å². The number of halogens is 1. The molecule has 0 aliphatic carbocycles. The number of aromatic hydroxyl groups is 1. The maximum atomic E-state index is 13.3. The van der Waals surface area contributed by atoms with Crippen LogP contribution in [-0.2, 0) is 25.5 Å². The van der Waals surface area contributed by atoms with Gasteiger partial charge in [-0.25, -0.2) is 0 Å². The first-order valence-corrected chi connectivity index (χ1v) is 11.2. The molecule has 0 bridgehead atoms. The maximum Gasteiger partial charge on any atom is 0.309 e. The summed E-state index contributed by atoms with van der Waals surface area (Å²) in [4.78, 5) is 39.4. The number of esters is 1. The quantitative estimate of drug-likeness (QED) is 0.220. The number of methoxy groups -OCH3 is 2. The Labute approximate surface area is 211 Å². The van der Waals surface area contributed by atoms with Crippen LogP contribution in [0.4, 0.5) is 5.69 Å². The molecule has 1 heterocycles. The molecule has 1 atom stereocenters. The number of rotatable bonds is 6. The van der Waals surface area contributed by atoms with Crippen molar-refractivity contribution in [2.75, 3.05) is 19.1 Å². The van der Waals surface area contributed by atoms with Crippen molar-refractivity contribution in [2.24, 2.45) is 0 Å². The fraction of sp³-hybridized carbons (Fsp3) is 0.148. The molecule has 8 nitrogen and oxygen atoms in total. The number of phenols is 1. The lowest BCUT2D eigenvalue weighted by Gasteiger charge is -2.25. The Morgan fingerprint density at radius 3 is 2.28 bits per heavy atom. The van der Waals surface area contributed by atoms with Crippen LogP contribution in [0.5, 0.6) is 11.5 Å². The lowest BCUT2D eigenvalue weighted by Crippen LogP contribution is -2.29. The third kappa shape index (κ3) is 4.63. The van der Waals surface area contributed by atoms with E-state index >= 15 is 0 Å². The van der Waals surface area contributed by atoms with Crippen LogP contribution in [-0.4, -0.2) is 42.1 Å². The van der Waals surface area contributed by atoms with Crippen molar-refractivity contribution in [1.29, 1.82) is 0 Å². The lowest BCUT2D eigenvalue weighted by atomic mass is 9.95. The molecular weight excluding hydrogens is 486 g/mol.